The summed E-state index contributed by atoms with van der Waals surface area (Å²) in [6, 6.07) is 0.114. The summed E-state index contributed by atoms with van der Waals surface area (Å²) in [5, 5.41) is 9.82. The molecule has 2 N–H and O–H groups in total. The lowest BCUT2D eigenvalue weighted by Crippen LogP contribution is -2.47. The molecular formula is C14H22N4O3. The van der Waals surface area contributed by atoms with Crippen molar-refractivity contribution >= 4 is 11.8 Å². The van der Waals surface area contributed by atoms with Gasteiger partial charge < -0.3 is 15.0 Å². The summed E-state index contributed by atoms with van der Waals surface area (Å²) in [6.45, 7) is 5.04. The number of amides is 2. The van der Waals surface area contributed by atoms with Crippen LogP contribution in [0.3, 0.4) is 0 Å². The van der Waals surface area contributed by atoms with E-state index < -0.39 is 0 Å². The first kappa shape index (κ1) is 15.5. The molecule has 1 aliphatic rings. The van der Waals surface area contributed by atoms with E-state index in [1.165, 1.54) is 7.11 Å². The Hall–Kier alpha value is -1.89. The number of aromatic amines is 1. The molecule has 1 saturated heterocycles. The van der Waals surface area contributed by atoms with Crippen LogP contribution in [0.15, 0.2) is 0 Å². The third-order valence-corrected chi connectivity index (χ3v) is 3.76. The number of nitrogens with one attached hydrogen (secondary N) is 2. The molecule has 1 aromatic heterocycles. The molecule has 0 unspecified atom stereocenters. The number of H-pyrrole nitrogens is 1. The van der Waals surface area contributed by atoms with Crippen molar-refractivity contribution in [2.24, 2.45) is 0 Å². The Morgan fingerprint density at radius 3 is 2.57 bits per heavy atom. The van der Waals surface area contributed by atoms with Crippen LogP contribution in [0.4, 0.5) is 0 Å². The molecule has 1 aliphatic heterocycles. The first-order chi connectivity index (χ1) is 10.0. The van der Waals surface area contributed by atoms with E-state index in [0.29, 0.717) is 18.7 Å². The van der Waals surface area contributed by atoms with Crippen LogP contribution in [-0.2, 0) is 9.53 Å². The van der Waals surface area contributed by atoms with Crippen LogP contribution in [0.2, 0.25) is 0 Å². The van der Waals surface area contributed by atoms with Crippen LogP contribution >= 0.6 is 0 Å². The van der Waals surface area contributed by atoms with Crippen LogP contribution in [0.5, 0.6) is 0 Å². The van der Waals surface area contributed by atoms with E-state index in [1.54, 1.807) is 0 Å². The van der Waals surface area contributed by atoms with Gasteiger partial charge in [-0.2, -0.15) is 5.10 Å². The van der Waals surface area contributed by atoms with Gasteiger partial charge >= 0.3 is 0 Å². The molecule has 2 heterocycles. The topological polar surface area (TPSA) is 87.3 Å². The summed E-state index contributed by atoms with van der Waals surface area (Å²) in [6.07, 6.45) is 1.52. The molecule has 2 amide bonds. The summed E-state index contributed by atoms with van der Waals surface area (Å²) in [4.78, 5) is 25.8. The first-order valence-corrected chi connectivity index (χ1v) is 7.12. The van der Waals surface area contributed by atoms with Crippen molar-refractivity contribution in [3.8, 4) is 0 Å². The van der Waals surface area contributed by atoms with Gasteiger partial charge in [-0.25, -0.2) is 0 Å². The highest BCUT2D eigenvalue weighted by atomic mass is 16.5. The van der Waals surface area contributed by atoms with Crippen LogP contribution in [0.1, 0.15) is 34.6 Å². The Labute approximate surface area is 124 Å². The zero-order valence-electron chi connectivity index (χ0n) is 12.7. The molecule has 21 heavy (non-hydrogen) atoms. The Balaban J connectivity index is 1.89. The normalized spacial score (nSPS) is 16.0. The van der Waals surface area contributed by atoms with Crippen molar-refractivity contribution in [3.63, 3.8) is 0 Å². The second kappa shape index (κ2) is 6.71. The summed E-state index contributed by atoms with van der Waals surface area (Å²) in [5.74, 6) is -0.0933. The smallest absolute Gasteiger partial charge is 0.257 e. The molecule has 116 valence electrons. The van der Waals surface area contributed by atoms with E-state index in [0.717, 1.165) is 24.2 Å². The molecule has 0 aromatic carbocycles. The summed E-state index contributed by atoms with van der Waals surface area (Å²) < 4.78 is 4.79. The summed E-state index contributed by atoms with van der Waals surface area (Å²) in [5.41, 5.74) is 2.19. The monoisotopic (exact) mass is 294 g/mol. The lowest BCUT2D eigenvalue weighted by atomic mass is 10.0. The third kappa shape index (κ3) is 3.60. The number of hydrogen-bond donors (Lipinski definition) is 2. The van der Waals surface area contributed by atoms with Gasteiger partial charge in [0.25, 0.3) is 5.91 Å². The second-order valence-corrected chi connectivity index (χ2v) is 5.38. The Bertz CT molecular complexity index is 499. The van der Waals surface area contributed by atoms with E-state index in [2.05, 4.69) is 15.5 Å². The van der Waals surface area contributed by atoms with Gasteiger partial charge in [0.15, 0.2) is 0 Å². The number of aromatic nitrogens is 2. The molecule has 0 saturated carbocycles. The number of nitrogens with zero attached hydrogens (tertiary/aromatic N) is 2. The van der Waals surface area contributed by atoms with Gasteiger partial charge in [0, 0.05) is 31.9 Å². The first-order valence-electron chi connectivity index (χ1n) is 7.12. The molecule has 0 radical (unpaired) electrons. The predicted octanol–water partition coefficient (Wildman–Crippen LogP) is 0.394. The number of ether oxygens (including phenoxy) is 1. The summed E-state index contributed by atoms with van der Waals surface area (Å²) >= 11 is 0. The largest absolute Gasteiger partial charge is 0.375 e. The maximum absolute atomic E-state index is 12.5. The zero-order chi connectivity index (χ0) is 15.4. The average molecular weight is 294 g/mol. The maximum Gasteiger partial charge on any atom is 0.257 e. The maximum atomic E-state index is 12.5. The Kier molecular flexibility index (Phi) is 4.95. The number of carbonyl (C=O) groups is 2. The number of piperidine rings is 1. The van der Waals surface area contributed by atoms with Crippen molar-refractivity contribution < 1.29 is 14.3 Å². The highest BCUT2D eigenvalue weighted by Crippen LogP contribution is 2.17. The number of aryl methyl sites for hydroxylation is 2. The standard InChI is InChI=1S/C14H22N4O3/c1-9-13(10(2)17-16-9)14(20)18-6-4-11(5-7-18)15-12(19)8-21-3/h11H,4-8H2,1-3H3,(H,15,19)(H,16,17). The minimum atomic E-state index is -0.108. The Morgan fingerprint density at radius 2 is 2.05 bits per heavy atom. The molecular weight excluding hydrogens is 272 g/mol. The molecule has 1 fully saturated rings. The van der Waals surface area contributed by atoms with E-state index in [-0.39, 0.29) is 24.5 Å². The summed E-state index contributed by atoms with van der Waals surface area (Å²) in [7, 11) is 1.50. The van der Waals surface area contributed by atoms with Gasteiger partial charge in [-0.3, -0.25) is 14.7 Å². The molecule has 0 spiro atoms. The van der Waals surface area contributed by atoms with Crippen molar-refractivity contribution in [2.75, 3.05) is 26.8 Å². The van der Waals surface area contributed by atoms with E-state index in [9.17, 15) is 9.59 Å². The number of rotatable bonds is 4. The molecule has 0 atom stereocenters. The highest BCUT2D eigenvalue weighted by Gasteiger charge is 2.27. The van der Waals surface area contributed by atoms with E-state index in [4.69, 9.17) is 4.74 Å². The molecule has 2 rings (SSSR count). The number of hydrogen-bond acceptors (Lipinski definition) is 4. The van der Waals surface area contributed by atoms with Gasteiger partial charge in [0.05, 0.1) is 11.3 Å². The van der Waals surface area contributed by atoms with Crippen LogP contribution in [0.25, 0.3) is 0 Å². The molecule has 0 aliphatic carbocycles. The SMILES string of the molecule is COCC(=O)NC1CCN(C(=O)c2c(C)n[nH]c2C)CC1. The highest BCUT2D eigenvalue weighted by molar-refractivity contribution is 5.96. The lowest BCUT2D eigenvalue weighted by molar-refractivity contribution is -0.125. The van der Waals surface area contributed by atoms with Gasteiger partial charge in [-0.05, 0) is 26.7 Å². The van der Waals surface area contributed by atoms with Crippen LogP contribution in [0, 0.1) is 13.8 Å². The van der Waals surface area contributed by atoms with Crippen molar-refractivity contribution in [1.29, 1.82) is 0 Å². The van der Waals surface area contributed by atoms with Gasteiger partial charge in [0.2, 0.25) is 5.91 Å². The fourth-order valence-corrected chi connectivity index (χ4v) is 2.65. The van der Waals surface area contributed by atoms with Crippen molar-refractivity contribution in [1.82, 2.24) is 20.4 Å². The number of likely N-dealkylation sites (tertiary alicyclic amines) is 1. The molecule has 7 heteroatoms. The predicted molar refractivity (Wildman–Crippen MR) is 77.0 cm³/mol. The van der Waals surface area contributed by atoms with Gasteiger partial charge in [-0.15, -0.1) is 0 Å². The fourth-order valence-electron chi connectivity index (χ4n) is 2.65. The van der Waals surface area contributed by atoms with Crippen LogP contribution in [-0.4, -0.2) is 59.8 Å². The van der Waals surface area contributed by atoms with Gasteiger partial charge in [0.1, 0.15) is 6.61 Å². The van der Waals surface area contributed by atoms with E-state index in [1.807, 2.05) is 18.7 Å². The zero-order valence-corrected chi connectivity index (χ0v) is 12.7. The third-order valence-electron chi connectivity index (χ3n) is 3.76. The molecule has 7 nitrogen and oxygen atoms in total. The van der Waals surface area contributed by atoms with E-state index >= 15 is 0 Å². The van der Waals surface area contributed by atoms with Crippen molar-refractivity contribution in [3.05, 3.63) is 17.0 Å². The minimum Gasteiger partial charge on any atom is -0.375 e. The molecule has 1 aromatic rings. The second-order valence-electron chi connectivity index (χ2n) is 5.38. The van der Waals surface area contributed by atoms with Crippen molar-refractivity contribution in [2.45, 2.75) is 32.7 Å². The minimum absolute atomic E-state index is 0.0143. The average Bonchev–Trinajstić information content (AvgIpc) is 2.78. The fraction of sp³-hybridized carbons (Fsp3) is 0.643. The number of carbonyl (C=O) groups excluding carboxylic acids is 2. The Morgan fingerprint density at radius 1 is 1.38 bits per heavy atom. The number of methoxy groups -OCH3 is 1. The molecule has 0 bridgehead atoms. The van der Waals surface area contributed by atoms with Crippen LogP contribution < -0.4 is 5.32 Å². The van der Waals surface area contributed by atoms with Gasteiger partial charge in [-0.1, -0.05) is 0 Å². The quantitative estimate of drug-likeness (QED) is 0.841. The lowest BCUT2D eigenvalue weighted by Gasteiger charge is -2.32.